The quantitative estimate of drug-likeness (QED) is 0.167. The molecule has 0 aliphatic heterocycles. The number of thiazole rings is 1. The van der Waals surface area contributed by atoms with Gasteiger partial charge in [-0.25, -0.2) is 4.98 Å². The second kappa shape index (κ2) is 12.9. The van der Waals surface area contributed by atoms with Crippen molar-refractivity contribution in [3.05, 3.63) is 93.8 Å². The fourth-order valence-corrected chi connectivity index (χ4v) is 5.52. The van der Waals surface area contributed by atoms with Crippen molar-refractivity contribution in [3.8, 4) is 11.3 Å². The van der Waals surface area contributed by atoms with Crippen LogP contribution in [0.5, 0.6) is 0 Å². The van der Waals surface area contributed by atoms with E-state index < -0.39 is 17.1 Å². The van der Waals surface area contributed by atoms with Gasteiger partial charge in [-0.15, -0.1) is 23.1 Å². The molecule has 3 N–H and O–H groups in total. The van der Waals surface area contributed by atoms with Crippen molar-refractivity contribution in [2.24, 2.45) is 0 Å². The number of hydrogen-bond acceptors (Lipinski definition) is 6. The molecule has 3 aromatic carbocycles. The number of amides is 2. The molecular weight excluding hydrogens is 565 g/mol. The lowest BCUT2D eigenvalue weighted by molar-refractivity contribution is -0.138. The van der Waals surface area contributed by atoms with Crippen LogP contribution in [-0.4, -0.2) is 27.9 Å². The van der Waals surface area contributed by atoms with Crippen LogP contribution in [0.2, 0.25) is 10.0 Å². The van der Waals surface area contributed by atoms with Gasteiger partial charge in [-0.05, 0) is 35.9 Å². The third-order valence-corrected chi connectivity index (χ3v) is 7.97. The summed E-state index contributed by atoms with van der Waals surface area (Å²) in [6, 6.07) is 21.6. The van der Waals surface area contributed by atoms with E-state index in [1.165, 1.54) is 23.1 Å². The Balaban J connectivity index is 1.50. The number of nitrogens with zero attached hydrogens (tertiary/aromatic N) is 1. The number of hydrogen-bond donors (Lipinski definition) is 3. The summed E-state index contributed by atoms with van der Waals surface area (Å²) in [6.45, 7) is 0. The van der Waals surface area contributed by atoms with E-state index in [9.17, 15) is 14.4 Å². The smallest absolute Gasteiger partial charge is 0.303 e. The highest BCUT2D eigenvalue weighted by molar-refractivity contribution is 8.00. The number of carbonyl (C=O) groups excluding carboxylic acids is 2. The van der Waals surface area contributed by atoms with Crippen LogP contribution >= 0.6 is 46.3 Å². The molecule has 4 rings (SSSR count). The Morgan fingerprint density at radius 1 is 0.921 bits per heavy atom. The van der Waals surface area contributed by atoms with Crippen molar-refractivity contribution >= 4 is 74.9 Å². The van der Waals surface area contributed by atoms with Gasteiger partial charge >= 0.3 is 5.97 Å². The molecular formula is C27H21Cl2N3O4S2. The van der Waals surface area contributed by atoms with E-state index in [2.05, 4.69) is 15.6 Å². The highest BCUT2D eigenvalue weighted by atomic mass is 35.5. The van der Waals surface area contributed by atoms with E-state index in [0.717, 1.165) is 16.0 Å². The highest BCUT2D eigenvalue weighted by Gasteiger charge is 2.23. The number of rotatable bonds is 10. The Hall–Kier alpha value is -3.37. The van der Waals surface area contributed by atoms with Gasteiger partial charge in [-0.3, -0.25) is 14.4 Å². The molecule has 0 saturated heterocycles. The molecule has 11 heteroatoms. The summed E-state index contributed by atoms with van der Waals surface area (Å²) in [7, 11) is 0. The third-order valence-electron chi connectivity index (χ3n) is 5.23. The first-order chi connectivity index (χ1) is 18.3. The average Bonchev–Trinajstić information content (AvgIpc) is 3.36. The maximum atomic E-state index is 13.4. The van der Waals surface area contributed by atoms with Crippen LogP contribution in [0.3, 0.4) is 0 Å². The fourth-order valence-electron chi connectivity index (χ4n) is 3.42. The van der Waals surface area contributed by atoms with Crippen LogP contribution in [0.4, 0.5) is 10.8 Å². The van der Waals surface area contributed by atoms with E-state index in [4.69, 9.17) is 28.3 Å². The molecule has 1 atom stereocenters. The van der Waals surface area contributed by atoms with Crippen molar-refractivity contribution in [2.75, 3.05) is 10.6 Å². The SMILES string of the molecule is O=C(O)CCC(=O)Nc1cccc(SC(C(=O)Nc2nc(-c3ccc(Cl)c(Cl)c3)cs2)c2ccccc2)c1. The lowest BCUT2D eigenvalue weighted by atomic mass is 10.1. The number of carbonyl (C=O) groups is 3. The van der Waals surface area contributed by atoms with Crippen molar-refractivity contribution in [2.45, 2.75) is 23.0 Å². The zero-order valence-electron chi connectivity index (χ0n) is 19.7. The van der Waals surface area contributed by atoms with Gasteiger partial charge in [0.15, 0.2) is 5.13 Å². The number of aliphatic carboxylic acids is 1. The van der Waals surface area contributed by atoms with Gasteiger partial charge < -0.3 is 15.7 Å². The molecule has 0 fully saturated rings. The molecule has 194 valence electrons. The van der Waals surface area contributed by atoms with Crippen LogP contribution in [0, 0.1) is 0 Å². The number of nitrogens with one attached hydrogen (secondary N) is 2. The Morgan fingerprint density at radius 3 is 2.45 bits per heavy atom. The van der Waals surface area contributed by atoms with Crippen LogP contribution in [0.1, 0.15) is 23.7 Å². The Labute approximate surface area is 237 Å². The van der Waals surface area contributed by atoms with Crippen LogP contribution in [0.15, 0.2) is 83.1 Å². The van der Waals surface area contributed by atoms with E-state index >= 15 is 0 Å². The van der Waals surface area contributed by atoms with Crippen molar-refractivity contribution < 1.29 is 19.5 Å². The summed E-state index contributed by atoms with van der Waals surface area (Å²) in [5.74, 6) is -1.69. The first-order valence-electron chi connectivity index (χ1n) is 11.3. The molecule has 0 bridgehead atoms. The predicted octanol–water partition coefficient (Wildman–Crippen LogP) is 7.39. The zero-order chi connectivity index (χ0) is 27.1. The number of halogens is 2. The lowest BCUT2D eigenvalue weighted by Crippen LogP contribution is -2.19. The minimum atomic E-state index is -1.04. The largest absolute Gasteiger partial charge is 0.481 e. The maximum Gasteiger partial charge on any atom is 0.303 e. The van der Waals surface area contributed by atoms with Gasteiger partial charge in [0, 0.05) is 27.9 Å². The van der Waals surface area contributed by atoms with Crippen LogP contribution in [-0.2, 0) is 14.4 Å². The topological polar surface area (TPSA) is 108 Å². The molecule has 7 nitrogen and oxygen atoms in total. The first-order valence-corrected chi connectivity index (χ1v) is 13.8. The van der Waals surface area contributed by atoms with Crippen molar-refractivity contribution in [3.63, 3.8) is 0 Å². The van der Waals surface area contributed by atoms with Crippen LogP contribution in [0.25, 0.3) is 11.3 Å². The summed E-state index contributed by atoms with van der Waals surface area (Å²) < 4.78 is 0. The predicted molar refractivity (Wildman–Crippen MR) is 153 cm³/mol. The van der Waals surface area contributed by atoms with Gasteiger partial charge in [0.25, 0.3) is 0 Å². The zero-order valence-corrected chi connectivity index (χ0v) is 22.8. The lowest BCUT2D eigenvalue weighted by Gasteiger charge is -2.17. The molecule has 0 aliphatic carbocycles. The molecule has 2 amide bonds. The molecule has 38 heavy (non-hydrogen) atoms. The molecule has 4 aromatic rings. The fraction of sp³-hybridized carbons (Fsp3) is 0.111. The standard InChI is InChI=1S/C27H21Cl2N3O4S2/c28-20-10-9-17(13-21(20)29)22-15-37-27(31-22)32-26(36)25(16-5-2-1-3-6-16)38-19-8-4-7-18(14-19)30-23(33)11-12-24(34)35/h1-10,13-15,25H,11-12H2,(H,30,33)(H,34,35)(H,31,32,36). The third kappa shape index (κ3) is 7.58. The Morgan fingerprint density at radius 2 is 1.71 bits per heavy atom. The highest BCUT2D eigenvalue weighted by Crippen LogP contribution is 2.38. The van der Waals surface area contributed by atoms with Crippen LogP contribution < -0.4 is 10.6 Å². The number of carboxylic acids is 1. The summed E-state index contributed by atoms with van der Waals surface area (Å²) in [5, 5.41) is 16.9. The summed E-state index contributed by atoms with van der Waals surface area (Å²) in [4.78, 5) is 41.5. The number of benzene rings is 3. The molecule has 0 aliphatic rings. The van der Waals surface area contributed by atoms with E-state index in [1.807, 2.05) is 47.8 Å². The molecule has 0 spiro atoms. The number of anilines is 2. The minimum absolute atomic E-state index is 0.125. The average molecular weight is 587 g/mol. The maximum absolute atomic E-state index is 13.4. The molecule has 1 unspecified atom stereocenters. The van der Waals surface area contributed by atoms with Gasteiger partial charge in [0.05, 0.1) is 22.2 Å². The first kappa shape index (κ1) is 27.7. The normalized spacial score (nSPS) is 11.5. The molecule has 0 radical (unpaired) electrons. The monoisotopic (exact) mass is 585 g/mol. The molecule has 1 heterocycles. The number of carboxylic acid groups (broad SMARTS) is 1. The minimum Gasteiger partial charge on any atom is -0.481 e. The van der Waals surface area contributed by atoms with E-state index in [0.29, 0.717) is 26.6 Å². The molecule has 0 saturated carbocycles. The summed E-state index contributed by atoms with van der Waals surface area (Å²) >= 11 is 14.8. The second-order valence-electron chi connectivity index (χ2n) is 8.03. The number of thioether (sulfide) groups is 1. The van der Waals surface area contributed by atoms with Crippen molar-refractivity contribution in [1.82, 2.24) is 4.98 Å². The van der Waals surface area contributed by atoms with Gasteiger partial charge in [-0.1, -0.05) is 65.7 Å². The Kier molecular flexibility index (Phi) is 9.41. The summed E-state index contributed by atoms with van der Waals surface area (Å²) in [5.41, 5.74) is 2.77. The van der Waals surface area contributed by atoms with Crippen molar-refractivity contribution in [1.29, 1.82) is 0 Å². The van der Waals surface area contributed by atoms with Gasteiger partial charge in [-0.2, -0.15) is 0 Å². The Bertz CT molecular complexity index is 1460. The van der Waals surface area contributed by atoms with Gasteiger partial charge in [0.1, 0.15) is 5.25 Å². The summed E-state index contributed by atoms with van der Waals surface area (Å²) in [6.07, 6.45) is -0.375. The number of aromatic nitrogens is 1. The second-order valence-corrected chi connectivity index (χ2v) is 10.9. The van der Waals surface area contributed by atoms with E-state index in [1.54, 1.807) is 30.3 Å². The van der Waals surface area contributed by atoms with E-state index in [-0.39, 0.29) is 18.7 Å². The van der Waals surface area contributed by atoms with Gasteiger partial charge in [0.2, 0.25) is 11.8 Å². The molecule has 1 aromatic heterocycles.